The topological polar surface area (TPSA) is 0 Å². The number of hydrogen-bond donors (Lipinski definition) is 0. The Bertz CT molecular complexity index is 3370. The molecule has 66 heavy (non-hydrogen) atoms. The zero-order valence-electron chi connectivity index (χ0n) is 36.3. The van der Waals surface area contributed by atoms with Gasteiger partial charge in [0.25, 0.3) is 0 Å². The van der Waals surface area contributed by atoms with Gasteiger partial charge in [0.05, 0.1) is 0 Å². The maximum absolute atomic E-state index is 2.42. The number of benzene rings is 12. The molecule has 0 atom stereocenters. The van der Waals surface area contributed by atoms with E-state index in [9.17, 15) is 0 Å². The minimum atomic E-state index is -0.983. The lowest BCUT2D eigenvalue weighted by atomic mass is 9.83. The molecular weight excluding hydrogens is 831 g/mol. The zero-order chi connectivity index (χ0) is 43.8. The molecule has 0 N–H and O–H groups in total. The zero-order valence-corrected chi connectivity index (χ0v) is 38.1. The highest BCUT2D eigenvalue weighted by Crippen LogP contribution is 2.50. The second kappa shape index (κ2) is 17.5. The Morgan fingerprint density at radius 3 is 0.742 bits per heavy atom. The second-order valence-electron chi connectivity index (χ2n) is 16.8. The molecule has 0 unspecified atom stereocenters. The van der Waals surface area contributed by atoms with Crippen LogP contribution in [0.15, 0.2) is 267 Å². The molecule has 0 bridgehead atoms. The molecule has 0 heterocycles. The standard InChI is InChI=1S/C64H44P2/c1-5-25-49(26-6-1)65(50-27-7-2-8-28-50)63-55-35-19-15-23-47(55)39-43-59(63)57-41-37-45-21-13-17-33-53(45)61(57)62-54-34-18-14-22-46(54)38-42-58(62)60-44-40-48-24-16-20-36-56(48)64(60)66(51-29-9-3-10-30-51)52-31-11-4-12-32-52/h1-44H. The summed E-state index contributed by atoms with van der Waals surface area (Å²) < 4.78 is 0. The lowest BCUT2D eigenvalue weighted by Gasteiger charge is -2.28. The summed E-state index contributed by atoms with van der Waals surface area (Å²) in [5.74, 6) is 0. The van der Waals surface area contributed by atoms with Crippen molar-refractivity contribution in [2.24, 2.45) is 0 Å². The maximum atomic E-state index is 2.42. The Morgan fingerprint density at radius 2 is 0.424 bits per heavy atom. The van der Waals surface area contributed by atoms with Crippen molar-refractivity contribution in [3.05, 3.63) is 267 Å². The molecule has 0 spiro atoms. The maximum Gasteiger partial charge on any atom is 0.000617 e. The van der Waals surface area contributed by atoms with E-state index >= 15 is 0 Å². The van der Waals surface area contributed by atoms with Crippen molar-refractivity contribution in [2.75, 3.05) is 0 Å². The molecule has 0 aromatic heterocycles. The molecule has 12 rings (SSSR count). The van der Waals surface area contributed by atoms with Crippen molar-refractivity contribution in [2.45, 2.75) is 0 Å². The molecule has 0 nitrogen and oxygen atoms in total. The van der Waals surface area contributed by atoms with Crippen molar-refractivity contribution in [3.8, 4) is 33.4 Å². The Kier molecular flexibility index (Phi) is 10.6. The highest BCUT2D eigenvalue weighted by Gasteiger charge is 2.29. The third-order valence-electron chi connectivity index (χ3n) is 13.0. The van der Waals surface area contributed by atoms with Gasteiger partial charge >= 0.3 is 0 Å². The molecule has 0 amide bonds. The predicted octanol–water partition coefficient (Wildman–Crippen LogP) is 14.8. The van der Waals surface area contributed by atoms with Gasteiger partial charge < -0.3 is 0 Å². The Morgan fingerprint density at radius 1 is 0.182 bits per heavy atom. The second-order valence-corrected chi connectivity index (χ2v) is 21.1. The smallest absolute Gasteiger partial charge is 0.000617 e. The van der Waals surface area contributed by atoms with Crippen LogP contribution in [0.4, 0.5) is 0 Å². The fourth-order valence-corrected chi connectivity index (χ4v) is 15.4. The lowest BCUT2D eigenvalue weighted by molar-refractivity contribution is 1.64. The highest BCUT2D eigenvalue weighted by atomic mass is 31.1. The first-order valence-electron chi connectivity index (χ1n) is 22.7. The molecule has 0 fully saturated rings. The fraction of sp³-hybridized carbons (Fsp3) is 0. The highest BCUT2D eigenvalue weighted by molar-refractivity contribution is 7.81. The van der Waals surface area contributed by atoms with Crippen LogP contribution in [0.2, 0.25) is 0 Å². The molecule has 0 aliphatic rings. The van der Waals surface area contributed by atoms with Crippen LogP contribution in [0.5, 0.6) is 0 Å². The van der Waals surface area contributed by atoms with E-state index in [1.165, 1.54) is 108 Å². The van der Waals surface area contributed by atoms with Gasteiger partial charge in [-0.15, -0.1) is 0 Å². The van der Waals surface area contributed by atoms with Gasteiger partial charge in [0.1, 0.15) is 0 Å². The summed E-state index contributed by atoms with van der Waals surface area (Å²) >= 11 is 0. The molecule has 12 aromatic rings. The van der Waals surface area contributed by atoms with Gasteiger partial charge in [-0.3, -0.25) is 0 Å². The predicted molar refractivity (Wildman–Crippen MR) is 290 cm³/mol. The van der Waals surface area contributed by atoms with E-state index in [1.54, 1.807) is 0 Å². The van der Waals surface area contributed by atoms with E-state index in [2.05, 4.69) is 267 Å². The Labute approximate surface area is 389 Å². The minimum Gasteiger partial charge on any atom is -0.0622 e. The van der Waals surface area contributed by atoms with E-state index in [0.29, 0.717) is 0 Å². The first-order valence-corrected chi connectivity index (χ1v) is 25.4. The molecule has 0 aliphatic heterocycles. The van der Waals surface area contributed by atoms with E-state index in [-0.39, 0.29) is 0 Å². The fourth-order valence-electron chi connectivity index (χ4n) is 10.1. The van der Waals surface area contributed by atoms with Crippen LogP contribution >= 0.6 is 15.8 Å². The summed E-state index contributed by atoms with van der Waals surface area (Å²) in [6.07, 6.45) is 0. The number of rotatable bonds is 9. The summed E-state index contributed by atoms with van der Waals surface area (Å²) in [4.78, 5) is 0. The third kappa shape index (κ3) is 7.12. The largest absolute Gasteiger partial charge is 0.0622 e. The van der Waals surface area contributed by atoms with Gasteiger partial charge in [-0.25, -0.2) is 0 Å². The van der Waals surface area contributed by atoms with Gasteiger partial charge in [-0.05, 0) is 114 Å². The summed E-state index contributed by atoms with van der Waals surface area (Å²) in [6, 6.07) is 99.8. The molecule has 12 aromatic carbocycles. The monoisotopic (exact) mass is 874 g/mol. The summed E-state index contributed by atoms with van der Waals surface area (Å²) in [5, 5.41) is 18.1. The van der Waals surface area contributed by atoms with Crippen molar-refractivity contribution >= 4 is 90.8 Å². The van der Waals surface area contributed by atoms with Gasteiger partial charge in [-0.1, -0.05) is 267 Å². The van der Waals surface area contributed by atoms with Crippen LogP contribution in [0.25, 0.3) is 76.5 Å². The molecule has 2 heteroatoms. The van der Waals surface area contributed by atoms with Gasteiger partial charge in [0.15, 0.2) is 0 Å². The van der Waals surface area contributed by atoms with Crippen molar-refractivity contribution in [1.29, 1.82) is 0 Å². The molecule has 0 radical (unpaired) electrons. The van der Waals surface area contributed by atoms with Gasteiger partial charge in [0.2, 0.25) is 0 Å². The van der Waals surface area contributed by atoms with Crippen LogP contribution in [0.1, 0.15) is 0 Å². The van der Waals surface area contributed by atoms with Crippen molar-refractivity contribution < 1.29 is 0 Å². The van der Waals surface area contributed by atoms with E-state index in [0.717, 1.165) is 0 Å². The normalized spacial score (nSPS) is 11.6. The third-order valence-corrected chi connectivity index (χ3v) is 18.1. The quantitative estimate of drug-likeness (QED) is 0.127. The van der Waals surface area contributed by atoms with E-state index < -0.39 is 15.8 Å². The summed E-state index contributed by atoms with van der Waals surface area (Å²) in [6.45, 7) is 0. The Hall–Kier alpha value is -7.46. The number of fused-ring (bicyclic) bond motifs is 4. The van der Waals surface area contributed by atoms with E-state index in [4.69, 9.17) is 0 Å². The summed E-state index contributed by atoms with van der Waals surface area (Å²) in [5.41, 5.74) is 7.53. The molecular formula is C64H44P2. The lowest BCUT2D eigenvalue weighted by Crippen LogP contribution is -2.23. The van der Waals surface area contributed by atoms with Crippen LogP contribution in [0.3, 0.4) is 0 Å². The van der Waals surface area contributed by atoms with Crippen LogP contribution in [-0.2, 0) is 0 Å². The van der Waals surface area contributed by atoms with Gasteiger partial charge in [-0.2, -0.15) is 0 Å². The summed E-state index contributed by atoms with van der Waals surface area (Å²) in [7, 11) is -1.97. The van der Waals surface area contributed by atoms with Crippen LogP contribution in [0, 0.1) is 0 Å². The Balaban J connectivity index is 1.23. The van der Waals surface area contributed by atoms with Crippen LogP contribution in [-0.4, -0.2) is 0 Å². The molecule has 0 aliphatic carbocycles. The average molecular weight is 875 g/mol. The van der Waals surface area contributed by atoms with Crippen LogP contribution < -0.4 is 31.8 Å². The SMILES string of the molecule is c1ccc(P(c2ccccc2)c2c(-c3ccc4ccccc4c3-c3c(-c4ccc5ccccc5c4P(c4ccccc4)c4ccccc4)ccc4ccccc34)ccc3ccccc23)cc1. The van der Waals surface area contributed by atoms with Gasteiger partial charge in [0, 0.05) is 10.6 Å². The average Bonchev–Trinajstić information content (AvgIpc) is 3.39. The van der Waals surface area contributed by atoms with Crippen molar-refractivity contribution in [1.82, 2.24) is 0 Å². The molecule has 0 saturated carbocycles. The molecule has 310 valence electrons. The van der Waals surface area contributed by atoms with Crippen molar-refractivity contribution in [3.63, 3.8) is 0 Å². The first-order chi connectivity index (χ1) is 32.8. The van der Waals surface area contributed by atoms with E-state index in [1.807, 2.05) is 0 Å². The number of hydrogen-bond acceptors (Lipinski definition) is 0. The first kappa shape index (κ1) is 40.1. The minimum absolute atomic E-state index is 0.983. The molecule has 0 saturated heterocycles.